The van der Waals surface area contributed by atoms with Crippen LogP contribution in [-0.2, 0) is 19.1 Å². The molecule has 0 aromatic carbocycles. The molecule has 0 heterocycles. The minimum absolute atomic E-state index is 0.0519. The first-order chi connectivity index (χ1) is 14.3. The molecule has 0 amide bonds. The van der Waals surface area contributed by atoms with E-state index in [9.17, 15) is 19.5 Å². The minimum atomic E-state index is -1.53. The lowest BCUT2D eigenvalue weighted by Crippen LogP contribution is -2.75. The first-order valence-corrected chi connectivity index (χ1v) is 11.6. The number of thiol groups is 1. The summed E-state index contributed by atoms with van der Waals surface area (Å²) in [6.07, 6.45) is 2.21. The molecule has 3 fully saturated rings. The average Bonchev–Trinajstić information content (AvgIpc) is 2.87. The topological polar surface area (TPSA) is 107 Å². The molecule has 31 heavy (non-hydrogen) atoms. The molecule has 10 atom stereocenters. The van der Waals surface area contributed by atoms with E-state index in [1.54, 1.807) is 0 Å². The van der Waals surface area contributed by atoms with Crippen LogP contribution in [0.15, 0.2) is 23.8 Å². The Morgan fingerprint density at radius 3 is 2.58 bits per heavy atom. The normalized spacial score (nSPS) is 50.8. The molecule has 2 unspecified atom stereocenters. The van der Waals surface area contributed by atoms with E-state index in [0.717, 1.165) is 0 Å². The number of aliphatic hydroxyl groups is 1. The second-order valence-corrected chi connectivity index (χ2v) is 11.3. The van der Waals surface area contributed by atoms with E-state index < -0.39 is 51.0 Å². The molecule has 170 valence electrons. The van der Waals surface area contributed by atoms with Gasteiger partial charge in [0.2, 0.25) is 5.12 Å². The molecule has 4 aliphatic carbocycles. The highest BCUT2D eigenvalue weighted by atomic mass is 32.1. The van der Waals surface area contributed by atoms with Gasteiger partial charge in [-0.15, -0.1) is 21.9 Å². The zero-order chi connectivity index (χ0) is 23.1. The second-order valence-electron chi connectivity index (χ2n) is 9.96. The third-order valence-corrected chi connectivity index (χ3v) is 10.3. The Balaban J connectivity index is 1.89. The third-order valence-electron chi connectivity index (χ3n) is 8.66. The molecule has 0 aromatic heterocycles. The molecule has 0 aromatic rings. The number of hydrogen-bond acceptors (Lipinski definition) is 6. The fourth-order valence-corrected chi connectivity index (χ4v) is 8.59. The molecule has 9 heteroatoms. The highest BCUT2D eigenvalue weighted by Crippen LogP contribution is 2.70. The molecule has 0 radical (unpaired) electrons. The first kappa shape index (κ1) is 23.1. The van der Waals surface area contributed by atoms with Crippen molar-refractivity contribution in [3.05, 3.63) is 23.8 Å². The largest absolute Gasteiger partial charge is 0.449 e. The molecular formula is C22H29FNO5PS. The molecule has 3 saturated carbocycles. The number of ketones is 1. The van der Waals surface area contributed by atoms with Gasteiger partial charge in [-0.25, -0.2) is 4.39 Å². The number of rotatable bonds is 2. The first-order valence-electron chi connectivity index (χ1n) is 10.5. The van der Waals surface area contributed by atoms with E-state index in [2.05, 4.69) is 21.9 Å². The van der Waals surface area contributed by atoms with Crippen LogP contribution in [0.3, 0.4) is 0 Å². The number of ether oxygens (including phenoxy) is 1. The molecule has 0 saturated heterocycles. The van der Waals surface area contributed by atoms with Gasteiger partial charge in [0.1, 0.15) is 6.17 Å². The second kappa shape index (κ2) is 6.96. The lowest BCUT2D eigenvalue weighted by Gasteiger charge is -2.65. The smallest absolute Gasteiger partial charge is 0.303 e. The Kier molecular flexibility index (Phi) is 5.18. The number of fused-ring (bicyclic) bond motifs is 5. The van der Waals surface area contributed by atoms with Crippen LogP contribution in [-0.4, -0.2) is 50.5 Å². The number of carbonyl (C=O) groups is 3. The summed E-state index contributed by atoms with van der Waals surface area (Å²) in [5, 5.41) is 9.91. The summed E-state index contributed by atoms with van der Waals surface area (Å²) in [7, 11) is 2.69. The number of nitrogens with two attached hydrogens (primary N) is 1. The van der Waals surface area contributed by atoms with Crippen LogP contribution >= 0.6 is 21.9 Å². The Morgan fingerprint density at radius 2 is 2.00 bits per heavy atom. The summed E-state index contributed by atoms with van der Waals surface area (Å²) < 4.78 is 21.2. The molecule has 3 N–H and O–H groups in total. The van der Waals surface area contributed by atoms with E-state index in [1.165, 1.54) is 25.2 Å². The van der Waals surface area contributed by atoms with Crippen molar-refractivity contribution in [3.8, 4) is 0 Å². The highest BCUT2D eigenvalue weighted by molar-refractivity contribution is 7.96. The maximum Gasteiger partial charge on any atom is 0.303 e. The summed E-state index contributed by atoms with van der Waals surface area (Å²) in [5.74, 6) is -2.00. The van der Waals surface area contributed by atoms with Crippen molar-refractivity contribution in [1.29, 1.82) is 0 Å². The fourth-order valence-electron chi connectivity index (χ4n) is 7.32. The van der Waals surface area contributed by atoms with Crippen LogP contribution in [0.4, 0.5) is 4.39 Å². The van der Waals surface area contributed by atoms with Gasteiger partial charge in [0.25, 0.3) is 0 Å². The van der Waals surface area contributed by atoms with Crippen molar-refractivity contribution in [3.63, 3.8) is 0 Å². The van der Waals surface area contributed by atoms with Gasteiger partial charge in [0.05, 0.1) is 11.6 Å². The summed E-state index contributed by atoms with van der Waals surface area (Å²) in [6, 6.07) is 0. The van der Waals surface area contributed by atoms with Crippen LogP contribution < -0.4 is 5.73 Å². The van der Waals surface area contributed by atoms with Crippen LogP contribution in [0, 0.1) is 23.2 Å². The predicted octanol–water partition coefficient (Wildman–Crippen LogP) is 1.91. The van der Waals surface area contributed by atoms with Gasteiger partial charge in [-0.05, 0) is 48.8 Å². The lowest BCUT2D eigenvalue weighted by molar-refractivity contribution is -0.194. The quantitative estimate of drug-likeness (QED) is 0.324. The van der Waals surface area contributed by atoms with Crippen LogP contribution in [0.25, 0.3) is 0 Å². The number of esters is 1. The molecular weight excluding hydrogens is 440 g/mol. The Hall–Kier alpha value is -1.08. The fraction of sp³-hybridized carbons (Fsp3) is 0.682. The van der Waals surface area contributed by atoms with Gasteiger partial charge < -0.3 is 15.6 Å². The van der Waals surface area contributed by atoms with Crippen molar-refractivity contribution in [1.82, 2.24) is 0 Å². The van der Waals surface area contributed by atoms with Crippen LogP contribution in [0.1, 0.15) is 40.0 Å². The van der Waals surface area contributed by atoms with Crippen molar-refractivity contribution in [2.24, 2.45) is 28.9 Å². The standard InChI is InChI=1S/C22H29FNO5PS/c1-10-6-13-14-8-16(23)15-7-12(26)4-5-20(15,24)22(14,30)17(27)9-19(13,3)21(10,18(28)31)29-11(2)25/h4-5,7,10,13-14,16-17,27H,6,8-9,24,30H2,1-3H3,(H,28,31)/t10-,13+,14?,16+,17+,19+,20-,21+,22+/m1/s1. The maximum absolute atomic E-state index is 15.5. The Bertz CT molecular complexity index is 941. The van der Waals surface area contributed by atoms with Crippen molar-refractivity contribution >= 4 is 38.7 Å². The molecule has 0 spiro atoms. The van der Waals surface area contributed by atoms with E-state index in [1.807, 2.05) is 13.8 Å². The van der Waals surface area contributed by atoms with Gasteiger partial charge >= 0.3 is 5.97 Å². The van der Waals surface area contributed by atoms with Gasteiger partial charge in [-0.2, -0.15) is 0 Å². The van der Waals surface area contributed by atoms with Crippen molar-refractivity contribution < 1.29 is 28.6 Å². The molecule has 6 nitrogen and oxygen atoms in total. The Labute approximate surface area is 188 Å². The van der Waals surface area contributed by atoms with Crippen molar-refractivity contribution in [2.75, 3.05) is 0 Å². The molecule has 4 rings (SSSR count). The Morgan fingerprint density at radius 1 is 1.35 bits per heavy atom. The maximum atomic E-state index is 15.5. The van der Waals surface area contributed by atoms with Crippen LogP contribution in [0.2, 0.25) is 0 Å². The van der Waals surface area contributed by atoms with Crippen LogP contribution in [0.5, 0.6) is 0 Å². The van der Waals surface area contributed by atoms with Crippen molar-refractivity contribution in [2.45, 2.75) is 68.6 Å². The zero-order valence-electron chi connectivity index (χ0n) is 17.8. The lowest BCUT2D eigenvalue weighted by atomic mass is 9.47. The number of halogens is 1. The SMILES string of the molecule is CC(=O)O[C@]1(C(=O)S)[C@H](C)C[C@H]2C3C[C@H](F)C4=CC(=O)C=C[C@]4(N)[C@@]3(P)[C@@H](O)C[C@@]21C. The predicted molar refractivity (Wildman–Crippen MR) is 119 cm³/mol. The van der Waals surface area contributed by atoms with E-state index >= 15 is 4.39 Å². The monoisotopic (exact) mass is 469 g/mol. The van der Waals surface area contributed by atoms with Gasteiger partial charge in [0, 0.05) is 23.4 Å². The number of carbonyl (C=O) groups excluding carboxylic acids is 3. The van der Waals surface area contributed by atoms with E-state index in [0.29, 0.717) is 6.42 Å². The summed E-state index contributed by atoms with van der Waals surface area (Å²) in [5.41, 5.74) is 3.10. The number of hydrogen-bond donors (Lipinski definition) is 3. The highest BCUT2D eigenvalue weighted by Gasteiger charge is 2.76. The zero-order valence-corrected chi connectivity index (χ0v) is 19.8. The number of aliphatic hydroxyl groups excluding tert-OH is 1. The summed E-state index contributed by atoms with van der Waals surface area (Å²) in [6.45, 7) is 4.90. The van der Waals surface area contributed by atoms with Gasteiger partial charge in [0.15, 0.2) is 11.4 Å². The van der Waals surface area contributed by atoms with E-state index in [4.69, 9.17) is 10.5 Å². The summed E-state index contributed by atoms with van der Waals surface area (Å²) >= 11 is 4.11. The van der Waals surface area contributed by atoms with Gasteiger partial charge in [-0.3, -0.25) is 14.4 Å². The molecule has 4 aliphatic rings. The minimum Gasteiger partial charge on any atom is -0.449 e. The molecule has 0 bridgehead atoms. The van der Waals surface area contributed by atoms with E-state index in [-0.39, 0.29) is 36.0 Å². The molecule has 0 aliphatic heterocycles. The third kappa shape index (κ3) is 2.65. The summed E-state index contributed by atoms with van der Waals surface area (Å²) in [4.78, 5) is 36.8. The number of alkyl halides is 1. The van der Waals surface area contributed by atoms with Gasteiger partial charge in [-0.1, -0.05) is 19.9 Å². The average molecular weight is 470 g/mol. The number of allylic oxidation sites excluding steroid dienone is 2.